The van der Waals surface area contributed by atoms with Gasteiger partial charge in [-0.3, -0.25) is 14.4 Å². The lowest BCUT2D eigenvalue weighted by molar-refractivity contribution is -0.164. The molecular formula is C26H30O5. The second-order valence-corrected chi connectivity index (χ2v) is 10.1. The number of carbonyl (C=O) groups excluding carboxylic acids is 2. The van der Waals surface area contributed by atoms with Crippen LogP contribution in [0.4, 0.5) is 0 Å². The standard InChI is InChI=1S/C26H30O5/c1-14-6-8-16-19(27)13-20(28)23(29)22(16)17(14)12-18-15(2)7-9-21-25(18,3)10-5-11-26(21,4)24(30)31/h6,8,13,18,21,27H,2,5,7,9-12H2,1,3-4H3,(H,30,31)/t18-,21?,25+,26-/m0/s1. The number of aliphatic carboxylic acids is 1. The second-order valence-electron chi connectivity index (χ2n) is 10.1. The van der Waals surface area contributed by atoms with Crippen LogP contribution in [0.25, 0.3) is 5.76 Å². The van der Waals surface area contributed by atoms with Crippen molar-refractivity contribution in [2.24, 2.45) is 22.7 Å². The number of Topliss-reactive ketones (excluding diaryl/α,β-unsaturated/α-hetero) is 1. The topological polar surface area (TPSA) is 91.7 Å². The lowest BCUT2D eigenvalue weighted by Gasteiger charge is -2.57. The molecule has 5 heteroatoms. The van der Waals surface area contributed by atoms with Gasteiger partial charge in [0.15, 0.2) is 0 Å². The largest absolute Gasteiger partial charge is 0.507 e. The maximum atomic E-state index is 12.8. The van der Waals surface area contributed by atoms with Gasteiger partial charge in [-0.2, -0.15) is 0 Å². The Labute approximate surface area is 182 Å². The Morgan fingerprint density at radius 3 is 2.61 bits per heavy atom. The summed E-state index contributed by atoms with van der Waals surface area (Å²) in [6.45, 7) is 10.3. The molecule has 5 nitrogen and oxygen atoms in total. The van der Waals surface area contributed by atoms with Crippen LogP contribution in [0, 0.1) is 29.6 Å². The van der Waals surface area contributed by atoms with Crippen LogP contribution in [0.1, 0.15) is 73.0 Å². The molecule has 2 fully saturated rings. The van der Waals surface area contributed by atoms with Gasteiger partial charge in [-0.15, -0.1) is 0 Å². The fourth-order valence-electron chi connectivity index (χ4n) is 6.66. The SMILES string of the molecule is C=C1CCC2[C@](C)(CCC[C@]2(C)C(=O)O)[C@H]1Cc1c(C)ccc2c1C(=O)C(=O)C=C2O. The molecule has 2 saturated carbocycles. The molecule has 0 aliphatic heterocycles. The van der Waals surface area contributed by atoms with E-state index in [1.165, 1.54) is 0 Å². The molecule has 1 aromatic rings. The Morgan fingerprint density at radius 1 is 1.23 bits per heavy atom. The molecule has 2 N–H and O–H groups in total. The summed E-state index contributed by atoms with van der Waals surface area (Å²) in [5.74, 6) is -2.19. The van der Waals surface area contributed by atoms with Gasteiger partial charge in [0.2, 0.25) is 11.6 Å². The van der Waals surface area contributed by atoms with E-state index in [2.05, 4.69) is 13.5 Å². The molecule has 0 aromatic heterocycles. The molecule has 4 atom stereocenters. The molecule has 3 aliphatic carbocycles. The van der Waals surface area contributed by atoms with Crippen molar-refractivity contribution in [3.8, 4) is 0 Å². The fraction of sp³-hybridized carbons (Fsp3) is 0.500. The number of carbonyl (C=O) groups is 3. The molecule has 0 radical (unpaired) electrons. The molecule has 0 bridgehead atoms. The number of benzene rings is 1. The predicted molar refractivity (Wildman–Crippen MR) is 118 cm³/mol. The maximum absolute atomic E-state index is 12.8. The number of ketones is 2. The third kappa shape index (κ3) is 3.08. The Kier molecular flexibility index (Phi) is 4.99. The number of hydrogen-bond donors (Lipinski definition) is 2. The zero-order valence-corrected chi connectivity index (χ0v) is 18.5. The molecule has 1 aromatic carbocycles. The average molecular weight is 423 g/mol. The molecular weight excluding hydrogens is 392 g/mol. The van der Waals surface area contributed by atoms with Crippen LogP contribution in [-0.2, 0) is 16.0 Å². The molecule has 164 valence electrons. The van der Waals surface area contributed by atoms with Crippen molar-refractivity contribution in [2.75, 3.05) is 0 Å². The first-order valence-corrected chi connectivity index (χ1v) is 11.0. The number of allylic oxidation sites excluding steroid dienone is 2. The van der Waals surface area contributed by atoms with Gasteiger partial charge in [-0.05, 0) is 74.3 Å². The van der Waals surface area contributed by atoms with Crippen LogP contribution in [0.5, 0.6) is 0 Å². The summed E-state index contributed by atoms with van der Waals surface area (Å²) >= 11 is 0. The Balaban J connectivity index is 1.81. The number of carboxylic acids is 1. The predicted octanol–water partition coefficient (Wildman–Crippen LogP) is 5.07. The van der Waals surface area contributed by atoms with Crippen LogP contribution >= 0.6 is 0 Å². The first-order valence-electron chi connectivity index (χ1n) is 11.0. The lowest BCUT2D eigenvalue weighted by atomic mass is 9.46. The van der Waals surface area contributed by atoms with Crippen molar-refractivity contribution in [1.82, 2.24) is 0 Å². The molecule has 3 aliphatic rings. The molecule has 0 saturated heterocycles. The van der Waals surface area contributed by atoms with Crippen molar-refractivity contribution in [3.05, 3.63) is 52.6 Å². The van der Waals surface area contributed by atoms with E-state index < -0.39 is 23.0 Å². The van der Waals surface area contributed by atoms with Crippen LogP contribution in [0.3, 0.4) is 0 Å². The summed E-state index contributed by atoms with van der Waals surface area (Å²) in [7, 11) is 0. The number of fused-ring (bicyclic) bond motifs is 2. The summed E-state index contributed by atoms with van der Waals surface area (Å²) in [5, 5.41) is 20.3. The third-order valence-electron chi connectivity index (χ3n) is 8.46. The van der Waals surface area contributed by atoms with E-state index in [9.17, 15) is 24.6 Å². The van der Waals surface area contributed by atoms with Gasteiger partial charge in [0.25, 0.3) is 0 Å². The minimum absolute atomic E-state index is 0.00590. The van der Waals surface area contributed by atoms with Gasteiger partial charge in [0.05, 0.1) is 5.41 Å². The van der Waals surface area contributed by atoms with Crippen LogP contribution < -0.4 is 0 Å². The maximum Gasteiger partial charge on any atom is 0.309 e. The molecule has 0 heterocycles. The van der Waals surface area contributed by atoms with Crippen molar-refractivity contribution in [2.45, 2.75) is 59.3 Å². The van der Waals surface area contributed by atoms with Gasteiger partial charge in [-0.25, -0.2) is 0 Å². The van der Waals surface area contributed by atoms with Gasteiger partial charge in [0, 0.05) is 17.2 Å². The third-order valence-corrected chi connectivity index (χ3v) is 8.46. The first-order chi connectivity index (χ1) is 14.5. The highest BCUT2D eigenvalue weighted by molar-refractivity contribution is 6.50. The first kappa shape index (κ1) is 21.5. The Morgan fingerprint density at radius 2 is 1.94 bits per heavy atom. The van der Waals surface area contributed by atoms with Crippen molar-refractivity contribution >= 4 is 23.3 Å². The minimum atomic E-state index is -0.774. The summed E-state index contributed by atoms with van der Waals surface area (Å²) < 4.78 is 0. The van der Waals surface area contributed by atoms with Crippen molar-refractivity contribution < 1.29 is 24.6 Å². The molecule has 0 spiro atoms. The normalized spacial score (nSPS) is 32.9. The van der Waals surface area contributed by atoms with Gasteiger partial charge in [-0.1, -0.05) is 37.6 Å². The lowest BCUT2D eigenvalue weighted by Crippen LogP contribution is -2.53. The highest BCUT2D eigenvalue weighted by Crippen LogP contribution is 2.61. The summed E-state index contributed by atoms with van der Waals surface area (Å²) in [5.41, 5.74) is 2.41. The smallest absolute Gasteiger partial charge is 0.309 e. The summed E-state index contributed by atoms with van der Waals surface area (Å²) in [6.07, 6.45) is 5.50. The molecule has 4 rings (SSSR count). The van der Waals surface area contributed by atoms with Crippen LogP contribution in [0.2, 0.25) is 0 Å². The number of rotatable bonds is 3. The Hall–Kier alpha value is -2.69. The van der Waals surface area contributed by atoms with E-state index >= 15 is 0 Å². The number of carboxylic acid groups (broad SMARTS) is 1. The molecule has 31 heavy (non-hydrogen) atoms. The highest BCUT2D eigenvalue weighted by atomic mass is 16.4. The second kappa shape index (κ2) is 7.18. The number of aliphatic hydroxyl groups excluding tert-OH is 1. The molecule has 0 amide bonds. The van der Waals surface area contributed by atoms with Crippen LogP contribution in [0.15, 0.2) is 30.4 Å². The van der Waals surface area contributed by atoms with Crippen molar-refractivity contribution in [3.63, 3.8) is 0 Å². The van der Waals surface area contributed by atoms with Gasteiger partial charge < -0.3 is 10.2 Å². The fourth-order valence-corrected chi connectivity index (χ4v) is 6.66. The number of aryl methyl sites for hydroxylation is 1. The van der Waals surface area contributed by atoms with E-state index in [0.717, 1.165) is 48.5 Å². The monoisotopic (exact) mass is 422 g/mol. The summed E-state index contributed by atoms with van der Waals surface area (Å²) in [4.78, 5) is 37.2. The molecule has 1 unspecified atom stereocenters. The van der Waals surface area contributed by atoms with Gasteiger partial charge >= 0.3 is 5.97 Å². The van der Waals surface area contributed by atoms with E-state index in [-0.39, 0.29) is 23.0 Å². The van der Waals surface area contributed by atoms with E-state index in [1.54, 1.807) is 6.07 Å². The van der Waals surface area contributed by atoms with E-state index in [0.29, 0.717) is 24.0 Å². The summed E-state index contributed by atoms with van der Waals surface area (Å²) in [6, 6.07) is 3.56. The quantitative estimate of drug-likeness (QED) is 0.524. The number of aliphatic hydroxyl groups is 1. The van der Waals surface area contributed by atoms with E-state index in [1.807, 2.05) is 19.9 Å². The van der Waals surface area contributed by atoms with Gasteiger partial charge in [0.1, 0.15) is 5.76 Å². The number of hydrogen-bond acceptors (Lipinski definition) is 4. The van der Waals surface area contributed by atoms with Crippen LogP contribution in [-0.4, -0.2) is 27.7 Å². The zero-order chi connectivity index (χ0) is 22.7. The minimum Gasteiger partial charge on any atom is -0.507 e. The average Bonchev–Trinajstić information content (AvgIpc) is 2.69. The Bertz CT molecular complexity index is 1050. The highest BCUT2D eigenvalue weighted by Gasteiger charge is 2.57. The van der Waals surface area contributed by atoms with E-state index in [4.69, 9.17) is 0 Å². The zero-order valence-electron chi connectivity index (χ0n) is 18.5. The van der Waals surface area contributed by atoms with Crippen molar-refractivity contribution in [1.29, 1.82) is 0 Å².